The van der Waals surface area contributed by atoms with Crippen molar-refractivity contribution in [1.82, 2.24) is 4.98 Å². The number of rotatable bonds is 4. The maximum Gasteiger partial charge on any atom is 0.275 e. The van der Waals surface area contributed by atoms with Crippen molar-refractivity contribution in [3.63, 3.8) is 0 Å². The zero-order valence-electron chi connectivity index (χ0n) is 10.2. The van der Waals surface area contributed by atoms with E-state index in [0.717, 1.165) is 15.6 Å². The number of anilines is 1. The maximum absolute atomic E-state index is 12.4. The molecule has 0 aliphatic carbocycles. The molecular weight excluding hydrogens is 308 g/mol. The van der Waals surface area contributed by atoms with Crippen LogP contribution < -0.4 is 9.04 Å². The minimum absolute atomic E-state index is 0.0888. The third kappa shape index (κ3) is 2.68. The molecule has 0 aliphatic heterocycles. The Bertz CT molecular complexity index is 685. The number of aromatic nitrogens is 1. The average Bonchev–Trinajstić information content (AvgIpc) is 2.85. The lowest BCUT2D eigenvalue weighted by molar-refractivity contribution is 0.416. The van der Waals surface area contributed by atoms with Gasteiger partial charge >= 0.3 is 0 Å². The molecule has 0 saturated carbocycles. The number of nitrogens with zero attached hydrogens (tertiary/aromatic N) is 2. The van der Waals surface area contributed by atoms with Gasteiger partial charge in [-0.15, -0.1) is 0 Å². The van der Waals surface area contributed by atoms with Gasteiger partial charge in [-0.1, -0.05) is 35.1 Å². The molecule has 0 spiro atoms. The molecule has 0 atom stereocenters. The second-order valence-corrected chi connectivity index (χ2v) is 7.39. The largest absolute Gasteiger partial charge is 0.495 e. The summed E-state index contributed by atoms with van der Waals surface area (Å²) in [6.45, 7) is 0. The number of hydrogen-bond acceptors (Lipinski definition) is 5. The van der Waals surface area contributed by atoms with E-state index in [-0.39, 0.29) is 8.68 Å². The van der Waals surface area contributed by atoms with E-state index < -0.39 is 10.0 Å². The first kappa shape index (κ1) is 14.1. The maximum atomic E-state index is 12.4. The Labute approximate surface area is 120 Å². The fraction of sp³-hybridized carbons (Fsp3) is 0.182. The normalized spacial score (nSPS) is 11.3. The highest BCUT2D eigenvalue weighted by Gasteiger charge is 2.25. The highest BCUT2D eigenvalue weighted by atomic mass is 35.5. The first-order valence-electron chi connectivity index (χ1n) is 5.20. The number of sulfonamides is 1. The van der Waals surface area contributed by atoms with Gasteiger partial charge < -0.3 is 4.74 Å². The van der Waals surface area contributed by atoms with E-state index in [9.17, 15) is 8.42 Å². The molecule has 0 N–H and O–H groups in total. The summed E-state index contributed by atoms with van der Waals surface area (Å²) in [6, 6.07) is 6.87. The number of ether oxygens (including phenoxy) is 1. The number of halogens is 1. The number of benzene rings is 1. The lowest BCUT2D eigenvalue weighted by atomic mass is 10.3. The van der Waals surface area contributed by atoms with Gasteiger partial charge in [0.2, 0.25) is 0 Å². The van der Waals surface area contributed by atoms with Crippen molar-refractivity contribution in [2.24, 2.45) is 0 Å². The SMILES string of the molecule is COc1ccccc1N(C)S(=O)(=O)c1cnc(Cl)s1. The molecule has 0 amide bonds. The molecule has 1 aromatic carbocycles. The highest BCUT2D eigenvalue weighted by molar-refractivity contribution is 7.94. The standard InChI is InChI=1S/C11H11ClN2O3S2/c1-14(8-5-3-4-6-9(8)17-2)19(15,16)10-7-13-11(12)18-10/h3-7H,1-2H3. The van der Waals surface area contributed by atoms with Crippen LogP contribution in [0.5, 0.6) is 5.75 Å². The Morgan fingerprint density at radius 2 is 2.05 bits per heavy atom. The van der Waals surface area contributed by atoms with Gasteiger partial charge in [0.05, 0.1) is 19.0 Å². The molecular formula is C11H11ClN2O3S2. The summed E-state index contributed by atoms with van der Waals surface area (Å²) >= 11 is 6.59. The Morgan fingerprint density at radius 1 is 1.37 bits per heavy atom. The minimum atomic E-state index is -3.68. The van der Waals surface area contributed by atoms with Crippen molar-refractivity contribution in [2.45, 2.75) is 4.21 Å². The summed E-state index contributed by atoms with van der Waals surface area (Å²) in [5.74, 6) is 0.476. The van der Waals surface area contributed by atoms with E-state index in [1.807, 2.05) is 0 Å². The molecule has 2 rings (SSSR count). The highest BCUT2D eigenvalue weighted by Crippen LogP contribution is 2.33. The zero-order valence-corrected chi connectivity index (χ0v) is 12.6. The number of methoxy groups -OCH3 is 1. The molecule has 0 saturated heterocycles. The second kappa shape index (κ2) is 5.36. The van der Waals surface area contributed by atoms with Gasteiger partial charge in [0, 0.05) is 7.05 Å². The molecule has 2 aromatic rings. The van der Waals surface area contributed by atoms with Crippen molar-refractivity contribution in [3.05, 3.63) is 34.9 Å². The lowest BCUT2D eigenvalue weighted by Crippen LogP contribution is -2.26. The van der Waals surface area contributed by atoms with Crippen LogP contribution in [0.15, 0.2) is 34.7 Å². The Kier molecular flexibility index (Phi) is 3.98. The van der Waals surface area contributed by atoms with Gasteiger partial charge in [-0.2, -0.15) is 0 Å². The summed E-state index contributed by atoms with van der Waals surface area (Å²) in [6.07, 6.45) is 1.24. The quantitative estimate of drug-likeness (QED) is 0.869. The number of thiazole rings is 1. The van der Waals surface area contributed by atoms with Crippen LogP contribution in [0.25, 0.3) is 0 Å². The van der Waals surface area contributed by atoms with Crippen LogP contribution in [-0.2, 0) is 10.0 Å². The molecule has 0 unspecified atom stereocenters. The van der Waals surface area contributed by atoms with Crippen molar-refractivity contribution >= 4 is 38.6 Å². The van der Waals surface area contributed by atoms with Crippen LogP contribution in [0.4, 0.5) is 5.69 Å². The van der Waals surface area contributed by atoms with Gasteiger partial charge in [-0.25, -0.2) is 13.4 Å². The second-order valence-electron chi connectivity index (χ2n) is 3.58. The van der Waals surface area contributed by atoms with E-state index in [2.05, 4.69) is 4.98 Å². The molecule has 0 bridgehead atoms. The van der Waals surface area contributed by atoms with E-state index >= 15 is 0 Å². The monoisotopic (exact) mass is 318 g/mol. The third-order valence-corrected chi connectivity index (χ3v) is 5.82. The molecule has 8 heteroatoms. The van der Waals surface area contributed by atoms with Crippen LogP contribution in [-0.4, -0.2) is 27.6 Å². The van der Waals surface area contributed by atoms with Gasteiger partial charge in [-0.3, -0.25) is 4.31 Å². The predicted molar refractivity (Wildman–Crippen MR) is 75.7 cm³/mol. The Balaban J connectivity index is 2.46. The smallest absolute Gasteiger partial charge is 0.275 e. The van der Waals surface area contributed by atoms with Crippen molar-refractivity contribution in [1.29, 1.82) is 0 Å². The molecule has 0 aliphatic rings. The topological polar surface area (TPSA) is 59.5 Å². The van der Waals surface area contributed by atoms with Crippen molar-refractivity contribution < 1.29 is 13.2 Å². The molecule has 1 heterocycles. The number of hydrogen-bond donors (Lipinski definition) is 0. The van der Waals surface area contributed by atoms with Crippen LogP contribution in [0.1, 0.15) is 0 Å². The van der Waals surface area contributed by atoms with Crippen LogP contribution in [0, 0.1) is 0 Å². The first-order chi connectivity index (χ1) is 8.96. The van der Waals surface area contributed by atoms with Crippen LogP contribution in [0.3, 0.4) is 0 Å². The third-order valence-electron chi connectivity index (χ3n) is 2.50. The van der Waals surface area contributed by atoms with Crippen LogP contribution >= 0.6 is 22.9 Å². The van der Waals surface area contributed by atoms with E-state index in [1.54, 1.807) is 24.3 Å². The van der Waals surface area contributed by atoms with Crippen molar-refractivity contribution in [3.8, 4) is 5.75 Å². The molecule has 102 valence electrons. The Morgan fingerprint density at radius 3 is 2.63 bits per heavy atom. The molecule has 19 heavy (non-hydrogen) atoms. The Hall–Kier alpha value is -1.31. The summed E-state index contributed by atoms with van der Waals surface area (Å²) in [4.78, 5) is 3.75. The fourth-order valence-corrected chi connectivity index (χ4v) is 4.18. The zero-order chi connectivity index (χ0) is 14.0. The number of para-hydroxylation sites is 2. The average molecular weight is 319 g/mol. The van der Waals surface area contributed by atoms with Gasteiger partial charge in [0.25, 0.3) is 10.0 Å². The molecule has 5 nitrogen and oxygen atoms in total. The molecule has 0 radical (unpaired) electrons. The van der Waals surface area contributed by atoms with E-state index in [4.69, 9.17) is 16.3 Å². The minimum Gasteiger partial charge on any atom is -0.495 e. The van der Waals surface area contributed by atoms with E-state index in [0.29, 0.717) is 11.4 Å². The molecule has 1 aromatic heterocycles. The fourth-order valence-electron chi connectivity index (χ4n) is 1.51. The van der Waals surface area contributed by atoms with E-state index in [1.165, 1.54) is 20.4 Å². The first-order valence-corrected chi connectivity index (χ1v) is 7.83. The lowest BCUT2D eigenvalue weighted by Gasteiger charge is -2.20. The van der Waals surface area contributed by atoms with Gasteiger partial charge in [-0.05, 0) is 12.1 Å². The van der Waals surface area contributed by atoms with Gasteiger partial charge in [0.1, 0.15) is 5.75 Å². The molecule has 0 fully saturated rings. The predicted octanol–water partition coefficient (Wildman–Crippen LogP) is 2.63. The summed E-state index contributed by atoms with van der Waals surface area (Å²) < 4.78 is 31.4. The van der Waals surface area contributed by atoms with Crippen molar-refractivity contribution in [2.75, 3.05) is 18.5 Å². The van der Waals surface area contributed by atoms with Gasteiger partial charge in [0.15, 0.2) is 8.68 Å². The summed E-state index contributed by atoms with van der Waals surface area (Å²) in [7, 11) is -0.731. The van der Waals surface area contributed by atoms with Crippen LogP contribution in [0.2, 0.25) is 4.47 Å². The summed E-state index contributed by atoms with van der Waals surface area (Å²) in [5, 5.41) is 0. The summed E-state index contributed by atoms with van der Waals surface area (Å²) in [5.41, 5.74) is 0.453.